The zero-order valence-electron chi connectivity index (χ0n) is 15.6. The summed E-state index contributed by atoms with van der Waals surface area (Å²) in [6, 6.07) is 12.6. The Morgan fingerprint density at radius 2 is 1.58 bits per heavy atom. The number of nitrogens with zero attached hydrogens (tertiary/aromatic N) is 1. The maximum Gasteiger partial charge on any atom is 0.226 e. The molecule has 2 aromatic carbocycles. The second-order valence-corrected chi connectivity index (χ2v) is 6.37. The summed E-state index contributed by atoms with van der Waals surface area (Å²) in [5.41, 5.74) is 4.27. The SMILES string of the molecule is CC(=O)c1ccc(NC(=O)CCN(C(C)=O)c2ccc(C)c(C)c2)cc1. The topological polar surface area (TPSA) is 66.5 Å². The van der Waals surface area contributed by atoms with E-state index in [-0.39, 0.29) is 24.0 Å². The molecule has 2 amide bonds. The Morgan fingerprint density at radius 3 is 2.12 bits per heavy atom. The Hall–Kier alpha value is -2.95. The molecule has 0 radical (unpaired) electrons. The molecule has 5 heteroatoms. The van der Waals surface area contributed by atoms with Crippen molar-refractivity contribution in [3.8, 4) is 0 Å². The lowest BCUT2D eigenvalue weighted by atomic mass is 10.1. The van der Waals surface area contributed by atoms with Crippen LogP contribution in [0.3, 0.4) is 0 Å². The molecule has 0 aliphatic carbocycles. The van der Waals surface area contributed by atoms with Crippen LogP contribution in [0.5, 0.6) is 0 Å². The van der Waals surface area contributed by atoms with Crippen LogP contribution in [-0.4, -0.2) is 24.1 Å². The molecule has 0 spiro atoms. The van der Waals surface area contributed by atoms with Crippen LogP contribution in [0.1, 0.15) is 41.8 Å². The molecule has 0 atom stereocenters. The van der Waals surface area contributed by atoms with Crippen molar-refractivity contribution in [3.63, 3.8) is 0 Å². The van der Waals surface area contributed by atoms with Crippen molar-refractivity contribution in [3.05, 3.63) is 59.2 Å². The number of ketones is 1. The van der Waals surface area contributed by atoms with E-state index < -0.39 is 0 Å². The van der Waals surface area contributed by atoms with Crippen molar-refractivity contribution >= 4 is 29.0 Å². The molecule has 2 rings (SSSR count). The van der Waals surface area contributed by atoms with Crippen molar-refractivity contribution in [1.29, 1.82) is 0 Å². The number of anilines is 2. The largest absolute Gasteiger partial charge is 0.326 e. The first-order valence-electron chi connectivity index (χ1n) is 8.54. The van der Waals surface area contributed by atoms with Gasteiger partial charge in [0.2, 0.25) is 11.8 Å². The molecular formula is C21H24N2O3. The fourth-order valence-corrected chi connectivity index (χ4v) is 2.59. The Balaban J connectivity index is 1.99. The van der Waals surface area contributed by atoms with Gasteiger partial charge in [0.1, 0.15) is 0 Å². The van der Waals surface area contributed by atoms with Gasteiger partial charge < -0.3 is 10.2 Å². The molecule has 0 heterocycles. The van der Waals surface area contributed by atoms with Crippen LogP contribution in [0, 0.1) is 13.8 Å². The number of amides is 2. The lowest BCUT2D eigenvalue weighted by molar-refractivity contribution is -0.117. The van der Waals surface area contributed by atoms with Crippen molar-refractivity contribution < 1.29 is 14.4 Å². The van der Waals surface area contributed by atoms with Gasteiger partial charge in [-0.1, -0.05) is 6.07 Å². The maximum atomic E-state index is 12.2. The highest BCUT2D eigenvalue weighted by atomic mass is 16.2. The van der Waals surface area contributed by atoms with Crippen LogP contribution in [0.4, 0.5) is 11.4 Å². The van der Waals surface area contributed by atoms with E-state index in [0.717, 1.165) is 16.8 Å². The monoisotopic (exact) mass is 352 g/mol. The second kappa shape index (κ2) is 8.43. The molecule has 0 aliphatic rings. The smallest absolute Gasteiger partial charge is 0.226 e. The van der Waals surface area contributed by atoms with Crippen LogP contribution in [-0.2, 0) is 9.59 Å². The van der Waals surface area contributed by atoms with Gasteiger partial charge in [-0.15, -0.1) is 0 Å². The van der Waals surface area contributed by atoms with E-state index in [1.54, 1.807) is 29.2 Å². The average molecular weight is 352 g/mol. The quantitative estimate of drug-likeness (QED) is 0.802. The van der Waals surface area contributed by atoms with E-state index in [2.05, 4.69) is 5.32 Å². The van der Waals surface area contributed by atoms with Crippen molar-refractivity contribution in [2.75, 3.05) is 16.8 Å². The Kier molecular flexibility index (Phi) is 6.28. The van der Waals surface area contributed by atoms with Gasteiger partial charge in [0.15, 0.2) is 5.78 Å². The number of Topliss-reactive ketones (excluding diaryl/α,β-unsaturated/α-hetero) is 1. The number of benzene rings is 2. The highest BCUT2D eigenvalue weighted by molar-refractivity contribution is 5.96. The van der Waals surface area contributed by atoms with E-state index in [1.807, 2.05) is 32.0 Å². The second-order valence-electron chi connectivity index (χ2n) is 6.37. The molecule has 0 fully saturated rings. The number of nitrogens with one attached hydrogen (secondary N) is 1. The summed E-state index contributed by atoms with van der Waals surface area (Å²) in [6.45, 7) is 7.30. The molecule has 136 valence electrons. The Morgan fingerprint density at radius 1 is 0.923 bits per heavy atom. The lowest BCUT2D eigenvalue weighted by Gasteiger charge is -2.22. The van der Waals surface area contributed by atoms with Gasteiger partial charge in [0.05, 0.1) is 0 Å². The first-order valence-corrected chi connectivity index (χ1v) is 8.54. The zero-order valence-corrected chi connectivity index (χ0v) is 15.6. The standard InChI is InChI=1S/C21H24N2O3/c1-14-5-10-20(13-15(14)2)23(17(4)25)12-11-21(26)22-19-8-6-18(7-9-19)16(3)24/h5-10,13H,11-12H2,1-4H3,(H,22,26). The minimum atomic E-state index is -0.185. The molecule has 2 aromatic rings. The minimum Gasteiger partial charge on any atom is -0.326 e. The van der Waals surface area contributed by atoms with Crippen LogP contribution in [0.2, 0.25) is 0 Å². The average Bonchev–Trinajstić information content (AvgIpc) is 2.58. The number of carbonyl (C=O) groups excluding carboxylic acids is 3. The number of carbonyl (C=O) groups is 3. The summed E-state index contributed by atoms with van der Waals surface area (Å²) in [6.07, 6.45) is 0.182. The summed E-state index contributed by atoms with van der Waals surface area (Å²) < 4.78 is 0. The predicted molar refractivity (Wildman–Crippen MR) is 104 cm³/mol. The van der Waals surface area contributed by atoms with Gasteiger partial charge in [-0.25, -0.2) is 0 Å². The summed E-state index contributed by atoms with van der Waals surface area (Å²) in [5, 5.41) is 2.79. The highest BCUT2D eigenvalue weighted by Crippen LogP contribution is 2.19. The summed E-state index contributed by atoms with van der Waals surface area (Å²) >= 11 is 0. The number of hydrogen-bond donors (Lipinski definition) is 1. The Bertz CT molecular complexity index is 826. The highest BCUT2D eigenvalue weighted by Gasteiger charge is 2.14. The molecule has 1 N–H and O–H groups in total. The molecule has 0 unspecified atom stereocenters. The molecule has 0 saturated carbocycles. The molecular weight excluding hydrogens is 328 g/mol. The fourth-order valence-electron chi connectivity index (χ4n) is 2.59. The van der Waals surface area contributed by atoms with Crippen molar-refractivity contribution in [1.82, 2.24) is 0 Å². The fraction of sp³-hybridized carbons (Fsp3) is 0.286. The number of hydrogen-bond acceptors (Lipinski definition) is 3. The van der Waals surface area contributed by atoms with E-state index in [0.29, 0.717) is 17.8 Å². The molecule has 26 heavy (non-hydrogen) atoms. The Labute approximate surface area is 154 Å². The number of aryl methyl sites for hydroxylation is 2. The third-order valence-electron chi connectivity index (χ3n) is 4.32. The molecule has 0 aliphatic heterocycles. The molecule has 0 aromatic heterocycles. The summed E-state index contributed by atoms with van der Waals surface area (Å²) in [4.78, 5) is 37.0. The zero-order chi connectivity index (χ0) is 19.3. The van der Waals surface area contributed by atoms with Gasteiger partial charge in [-0.05, 0) is 68.3 Å². The lowest BCUT2D eigenvalue weighted by Crippen LogP contribution is -2.32. The first-order chi connectivity index (χ1) is 12.3. The first kappa shape index (κ1) is 19.4. The van der Waals surface area contributed by atoms with E-state index in [4.69, 9.17) is 0 Å². The van der Waals surface area contributed by atoms with Gasteiger partial charge >= 0.3 is 0 Å². The molecule has 0 bridgehead atoms. The van der Waals surface area contributed by atoms with Gasteiger partial charge in [0, 0.05) is 36.8 Å². The van der Waals surface area contributed by atoms with Crippen LogP contribution < -0.4 is 10.2 Å². The van der Waals surface area contributed by atoms with Crippen LogP contribution in [0.25, 0.3) is 0 Å². The normalized spacial score (nSPS) is 10.3. The van der Waals surface area contributed by atoms with Gasteiger partial charge in [-0.3, -0.25) is 14.4 Å². The molecule has 0 saturated heterocycles. The van der Waals surface area contributed by atoms with E-state index in [9.17, 15) is 14.4 Å². The van der Waals surface area contributed by atoms with Gasteiger partial charge in [-0.2, -0.15) is 0 Å². The maximum absolute atomic E-state index is 12.2. The third kappa shape index (κ3) is 5.02. The summed E-state index contributed by atoms with van der Waals surface area (Å²) in [7, 11) is 0. The van der Waals surface area contributed by atoms with E-state index in [1.165, 1.54) is 13.8 Å². The predicted octanol–water partition coefficient (Wildman–Crippen LogP) is 3.89. The third-order valence-corrected chi connectivity index (χ3v) is 4.32. The van der Waals surface area contributed by atoms with Crippen molar-refractivity contribution in [2.45, 2.75) is 34.1 Å². The van der Waals surface area contributed by atoms with Gasteiger partial charge in [0.25, 0.3) is 0 Å². The minimum absolute atomic E-state index is 0.0200. The molecule has 5 nitrogen and oxygen atoms in total. The van der Waals surface area contributed by atoms with Crippen LogP contribution >= 0.6 is 0 Å². The van der Waals surface area contributed by atoms with Crippen LogP contribution in [0.15, 0.2) is 42.5 Å². The number of rotatable bonds is 6. The van der Waals surface area contributed by atoms with Crippen molar-refractivity contribution in [2.24, 2.45) is 0 Å². The van der Waals surface area contributed by atoms with E-state index >= 15 is 0 Å². The summed E-state index contributed by atoms with van der Waals surface area (Å²) in [5.74, 6) is -0.309.